The molecule has 0 unspecified atom stereocenters. The van der Waals surface area contributed by atoms with Crippen LogP contribution in [0.25, 0.3) is 0 Å². The zero-order valence-electron chi connectivity index (χ0n) is 19.4. The Morgan fingerprint density at radius 3 is 2.18 bits per heavy atom. The molecule has 2 aliphatic rings. The predicted octanol–water partition coefficient (Wildman–Crippen LogP) is 2.41. The van der Waals surface area contributed by atoms with Crippen molar-refractivity contribution >= 4 is 23.7 Å². The van der Waals surface area contributed by atoms with Gasteiger partial charge in [0, 0.05) is 12.8 Å². The van der Waals surface area contributed by atoms with Crippen LogP contribution in [0.3, 0.4) is 0 Å². The van der Waals surface area contributed by atoms with E-state index in [-0.39, 0.29) is 0 Å². The Labute approximate surface area is 198 Å². The second-order valence-electron chi connectivity index (χ2n) is 8.37. The molecule has 2 N–H and O–H groups in total. The molecule has 2 heterocycles. The Morgan fingerprint density at radius 1 is 1.03 bits per heavy atom. The largest absolute Gasteiger partial charge is 0.455 e. The molecular weight excluding hydrogens is 446 g/mol. The summed E-state index contributed by atoms with van der Waals surface area (Å²) in [5.74, 6) is -2.12. The van der Waals surface area contributed by atoms with Gasteiger partial charge in [-0.1, -0.05) is 44.2 Å². The number of nitrogens with one attached hydrogen (secondary N) is 1. The molecule has 1 fully saturated rings. The fourth-order valence-electron chi connectivity index (χ4n) is 3.70. The summed E-state index contributed by atoms with van der Waals surface area (Å²) in [5.41, 5.74) is 0.485. The van der Waals surface area contributed by atoms with E-state index in [1.165, 1.54) is 7.11 Å². The molecule has 1 amide bonds. The average molecular weight is 478 g/mol. The van der Waals surface area contributed by atoms with Gasteiger partial charge >= 0.3 is 18.0 Å². The number of anilines is 1. The highest BCUT2D eigenvalue weighted by atomic mass is 16.7. The number of amides is 1. The number of aliphatic hydroxyl groups is 1. The number of rotatable bonds is 4. The van der Waals surface area contributed by atoms with Crippen molar-refractivity contribution in [1.29, 1.82) is 0 Å². The minimum absolute atomic E-state index is 0.408. The molecule has 3 rings (SSSR count). The van der Waals surface area contributed by atoms with Crippen LogP contribution in [-0.4, -0.2) is 67.6 Å². The van der Waals surface area contributed by atoms with Crippen molar-refractivity contribution in [2.24, 2.45) is 11.8 Å². The molecule has 34 heavy (non-hydrogen) atoms. The molecule has 1 aromatic carbocycles. The Hall–Kier alpha value is -2.95. The van der Waals surface area contributed by atoms with E-state index in [0.29, 0.717) is 18.5 Å². The predicted molar refractivity (Wildman–Crippen MR) is 120 cm³/mol. The lowest BCUT2D eigenvalue weighted by molar-refractivity contribution is -0.299. The van der Waals surface area contributed by atoms with Gasteiger partial charge in [-0.15, -0.1) is 0 Å². The fourth-order valence-corrected chi connectivity index (χ4v) is 3.70. The van der Waals surface area contributed by atoms with Crippen LogP contribution in [0.15, 0.2) is 42.5 Å². The van der Waals surface area contributed by atoms with Gasteiger partial charge in [-0.25, -0.2) is 4.79 Å². The minimum Gasteiger partial charge on any atom is -0.455 e. The first-order valence-electron chi connectivity index (χ1n) is 11.2. The van der Waals surface area contributed by atoms with E-state index in [1.54, 1.807) is 44.2 Å². The first-order valence-corrected chi connectivity index (χ1v) is 11.2. The van der Waals surface area contributed by atoms with Crippen molar-refractivity contribution in [2.45, 2.75) is 57.4 Å². The summed E-state index contributed by atoms with van der Waals surface area (Å²) in [6.07, 6.45) is -2.41. The second kappa shape index (κ2) is 12.0. The molecule has 7 atom stereocenters. The number of para-hydroxylation sites is 1. The molecule has 0 spiro atoms. The van der Waals surface area contributed by atoms with E-state index in [4.69, 9.17) is 23.7 Å². The third-order valence-corrected chi connectivity index (χ3v) is 5.72. The summed E-state index contributed by atoms with van der Waals surface area (Å²) >= 11 is 0. The molecule has 0 aliphatic carbocycles. The van der Waals surface area contributed by atoms with Crippen LogP contribution in [0.4, 0.5) is 10.5 Å². The molecule has 0 bridgehead atoms. The van der Waals surface area contributed by atoms with Gasteiger partial charge < -0.3 is 28.8 Å². The summed E-state index contributed by atoms with van der Waals surface area (Å²) in [6, 6.07) is 8.62. The maximum Gasteiger partial charge on any atom is 0.412 e. The van der Waals surface area contributed by atoms with E-state index >= 15 is 0 Å². The van der Waals surface area contributed by atoms with E-state index in [9.17, 15) is 19.5 Å². The van der Waals surface area contributed by atoms with Crippen molar-refractivity contribution in [3.05, 3.63) is 42.5 Å². The maximum absolute atomic E-state index is 12.8. The number of carbonyl (C=O) groups is 3. The number of fused-ring (bicyclic) bond motifs is 1. The first kappa shape index (κ1) is 25.7. The van der Waals surface area contributed by atoms with Crippen molar-refractivity contribution in [1.82, 2.24) is 0 Å². The quantitative estimate of drug-likeness (QED) is 0.381. The lowest BCUT2D eigenvalue weighted by Gasteiger charge is -2.44. The third kappa shape index (κ3) is 6.34. The topological polar surface area (TPSA) is 130 Å². The minimum atomic E-state index is -1.28. The summed E-state index contributed by atoms with van der Waals surface area (Å²) in [4.78, 5) is 38.2. The van der Waals surface area contributed by atoms with E-state index in [1.807, 2.05) is 12.2 Å². The monoisotopic (exact) mass is 477 g/mol. The molecule has 0 aromatic heterocycles. The van der Waals surface area contributed by atoms with Gasteiger partial charge in [-0.05, 0) is 25.0 Å². The van der Waals surface area contributed by atoms with Gasteiger partial charge in [0.2, 0.25) is 0 Å². The van der Waals surface area contributed by atoms with Gasteiger partial charge in [0.1, 0.15) is 6.10 Å². The van der Waals surface area contributed by atoms with Crippen LogP contribution in [0.1, 0.15) is 26.7 Å². The van der Waals surface area contributed by atoms with E-state index in [2.05, 4.69) is 5.32 Å². The SMILES string of the molecule is CO[C@H]1O[C@H](CO)[C@H]2OC(=O)[C@H](C)C/C=C/C[C@@H](C)C(=O)O[C@@H]2[C@H]1OC(=O)Nc1ccccc1. The lowest BCUT2D eigenvalue weighted by Crippen LogP contribution is -2.63. The van der Waals surface area contributed by atoms with Gasteiger partial charge in [0.25, 0.3) is 0 Å². The van der Waals surface area contributed by atoms with E-state index < -0.39 is 67.2 Å². The summed E-state index contributed by atoms with van der Waals surface area (Å²) in [5, 5.41) is 12.5. The van der Waals surface area contributed by atoms with Crippen LogP contribution in [-0.2, 0) is 33.3 Å². The smallest absolute Gasteiger partial charge is 0.412 e. The highest BCUT2D eigenvalue weighted by Gasteiger charge is 2.53. The van der Waals surface area contributed by atoms with Crippen molar-refractivity contribution in [3.63, 3.8) is 0 Å². The van der Waals surface area contributed by atoms with Crippen LogP contribution in [0.2, 0.25) is 0 Å². The lowest BCUT2D eigenvalue weighted by atomic mass is 9.97. The normalized spacial score (nSPS) is 33.2. The van der Waals surface area contributed by atoms with Crippen molar-refractivity contribution < 1.29 is 43.2 Å². The Kier molecular flexibility index (Phi) is 9.03. The van der Waals surface area contributed by atoms with Gasteiger partial charge in [0.15, 0.2) is 24.6 Å². The van der Waals surface area contributed by atoms with Crippen molar-refractivity contribution in [3.8, 4) is 0 Å². The Morgan fingerprint density at radius 2 is 1.62 bits per heavy atom. The number of aliphatic hydroxyl groups excluding tert-OH is 1. The molecule has 1 saturated heterocycles. The molecule has 0 radical (unpaired) electrons. The summed E-state index contributed by atoms with van der Waals surface area (Å²) in [7, 11) is 1.32. The zero-order valence-corrected chi connectivity index (χ0v) is 19.4. The number of carbonyl (C=O) groups excluding carboxylic acids is 3. The molecular formula is C24H31NO9. The average Bonchev–Trinajstić information content (AvgIpc) is 2.83. The van der Waals surface area contributed by atoms with Gasteiger partial charge in [-0.3, -0.25) is 14.9 Å². The molecule has 2 aliphatic heterocycles. The Balaban J connectivity index is 1.92. The molecule has 10 nitrogen and oxygen atoms in total. The van der Waals surface area contributed by atoms with Crippen LogP contribution in [0.5, 0.6) is 0 Å². The summed E-state index contributed by atoms with van der Waals surface area (Å²) < 4.78 is 28.0. The highest BCUT2D eigenvalue weighted by molar-refractivity contribution is 5.84. The molecule has 10 heteroatoms. The Bertz CT molecular complexity index is 874. The number of hydrogen-bond donors (Lipinski definition) is 2. The second-order valence-corrected chi connectivity index (χ2v) is 8.37. The first-order chi connectivity index (χ1) is 16.3. The number of benzene rings is 1. The number of methoxy groups -OCH3 is 1. The molecule has 1 aromatic rings. The zero-order chi connectivity index (χ0) is 24.7. The van der Waals surface area contributed by atoms with Gasteiger partial charge in [-0.2, -0.15) is 0 Å². The molecule has 186 valence electrons. The van der Waals surface area contributed by atoms with Crippen LogP contribution >= 0.6 is 0 Å². The standard InChI is InChI=1S/C24H31NO9/c1-14-9-7-8-10-15(2)22(28)33-19-18(32-21(14)27)17(13-26)31-23(30-3)20(19)34-24(29)25-16-11-5-4-6-12-16/h4-8,11-12,14-15,17-20,23,26H,9-10,13H2,1-3H3,(H,25,29)/b8-7+/t14-,15-,17-,18-,19+,20-,23+/m1/s1. The number of hydrogen-bond acceptors (Lipinski definition) is 9. The van der Waals surface area contributed by atoms with Crippen LogP contribution in [0, 0.1) is 11.8 Å². The van der Waals surface area contributed by atoms with Gasteiger partial charge in [0.05, 0.1) is 18.4 Å². The number of ether oxygens (including phenoxy) is 5. The van der Waals surface area contributed by atoms with Crippen molar-refractivity contribution in [2.75, 3.05) is 19.0 Å². The fraction of sp³-hybridized carbons (Fsp3) is 0.542. The highest BCUT2D eigenvalue weighted by Crippen LogP contribution is 2.31. The van der Waals surface area contributed by atoms with E-state index in [0.717, 1.165) is 0 Å². The number of allylic oxidation sites excluding steroid dienone is 2. The summed E-state index contributed by atoms with van der Waals surface area (Å²) in [6.45, 7) is 2.87. The van der Waals surface area contributed by atoms with Crippen LogP contribution < -0.4 is 5.32 Å². The third-order valence-electron chi connectivity index (χ3n) is 5.72. The maximum atomic E-state index is 12.8. The number of esters is 2. The molecule has 0 saturated carbocycles.